The molecule has 0 aliphatic heterocycles. The maximum Gasteiger partial charge on any atom is 0.333 e. The minimum Gasteiger partial charge on any atom is -0.486 e. The quantitative estimate of drug-likeness (QED) is 0.106. The molecular weight excluding hydrogens is 943 g/mol. The topological polar surface area (TPSA) is 51.5 Å². The van der Waals surface area contributed by atoms with E-state index in [0.29, 0.717) is 0 Å². The second kappa shape index (κ2) is 12.1. The maximum atomic E-state index is 11.4. The van der Waals surface area contributed by atoms with Gasteiger partial charge in [-0.3, -0.25) is 4.79 Å². The van der Waals surface area contributed by atoms with Gasteiger partial charge in [0.25, 0.3) is 5.70 Å². The van der Waals surface area contributed by atoms with Crippen LogP contribution in [-0.2, 0) is 4.79 Å². The van der Waals surface area contributed by atoms with Crippen molar-refractivity contribution in [1.29, 1.82) is 0 Å². The van der Waals surface area contributed by atoms with E-state index in [1.807, 2.05) is 12.1 Å². The number of benzene rings is 5. The molecular formula is C38H20I3N3O2S. The van der Waals surface area contributed by atoms with Gasteiger partial charge >= 0.3 is 5.97 Å². The summed E-state index contributed by atoms with van der Waals surface area (Å²) in [6, 6.07) is 39.0. The number of nitrogens with zero attached hydrogens (tertiary/aromatic N) is 3. The first-order valence-corrected chi connectivity index (χ1v) is 18.5. The van der Waals surface area contributed by atoms with E-state index in [1.165, 1.54) is 51.7 Å². The molecule has 0 amide bonds. The minimum absolute atomic E-state index is 0.291. The largest absolute Gasteiger partial charge is 0.486 e. The molecule has 8 rings (SSSR count). The Morgan fingerprint density at radius 1 is 0.638 bits per heavy atom. The van der Waals surface area contributed by atoms with Gasteiger partial charge < -0.3 is 14.2 Å². The van der Waals surface area contributed by atoms with E-state index in [-0.39, 0.29) is 5.70 Å². The Morgan fingerprint density at radius 3 is 1.53 bits per heavy atom. The number of aliphatic carboxylic acids is 1. The lowest BCUT2D eigenvalue weighted by Gasteiger charge is -2.12. The number of thiophene rings is 1. The van der Waals surface area contributed by atoms with Crippen molar-refractivity contribution in [2.24, 2.45) is 0 Å². The van der Waals surface area contributed by atoms with Crippen molar-refractivity contribution >= 4 is 135 Å². The van der Waals surface area contributed by atoms with Crippen molar-refractivity contribution in [3.8, 4) is 21.8 Å². The van der Waals surface area contributed by atoms with E-state index in [9.17, 15) is 9.90 Å². The van der Waals surface area contributed by atoms with Crippen molar-refractivity contribution in [1.82, 2.24) is 9.13 Å². The molecule has 47 heavy (non-hydrogen) atoms. The number of aromatic nitrogens is 2. The van der Waals surface area contributed by atoms with Crippen LogP contribution in [0.15, 0.2) is 115 Å². The number of hydrogen-bond donors (Lipinski definition) is 1. The summed E-state index contributed by atoms with van der Waals surface area (Å²) in [6.45, 7) is 7.17. The molecule has 226 valence electrons. The van der Waals surface area contributed by atoms with Crippen LogP contribution < -0.4 is 0 Å². The summed E-state index contributed by atoms with van der Waals surface area (Å²) in [4.78, 5) is 16.2. The van der Waals surface area contributed by atoms with Gasteiger partial charge in [-0.2, -0.15) is 0 Å². The molecule has 0 atom stereocenters. The van der Waals surface area contributed by atoms with Crippen molar-refractivity contribution in [2.75, 3.05) is 0 Å². The highest BCUT2D eigenvalue weighted by atomic mass is 127. The summed E-state index contributed by atoms with van der Waals surface area (Å²) in [5.74, 6) is -1.22. The summed E-state index contributed by atoms with van der Waals surface area (Å²) in [5, 5.41) is 14.1. The molecule has 1 N–H and O–H groups in total. The van der Waals surface area contributed by atoms with E-state index in [1.54, 1.807) is 0 Å². The molecule has 0 spiro atoms. The third-order valence-electron chi connectivity index (χ3n) is 8.31. The zero-order valence-electron chi connectivity index (χ0n) is 24.2. The molecule has 0 unspecified atom stereocenters. The summed E-state index contributed by atoms with van der Waals surface area (Å²) >= 11 is 8.62. The van der Waals surface area contributed by atoms with Gasteiger partial charge in [0.15, 0.2) is 0 Å². The number of carboxylic acid groups (broad SMARTS) is 1. The zero-order valence-corrected chi connectivity index (χ0v) is 31.5. The van der Waals surface area contributed by atoms with Crippen molar-refractivity contribution < 1.29 is 9.90 Å². The highest BCUT2D eigenvalue weighted by molar-refractivity contribution is 14.1. The smallest absolute Gasteiger partial charge is 0.333 e. The third kappa shape index (κ3) is 5.35. The summed E-state index contributed by atoms with van der Waals surface area (Å²) in [7, 11) is 0. The van der Waals surface area contributed by atoms with Gasteiger partial charge in [-0.15, -0.1) is 11.3 Å². The monoisotopic (exact) mass is 963 g/mol. The van der Waals surface area contributed by atoms with E-state index in [0.717, 1.165) is 46.7 Å². The number of fused-ring (bicyclic) bond motifs is 6. The van der Waals surface area contributed by atoms with Crippen LogP contribution in [0.4, 0.5) is 0 Å². The second-order valence-corrected chi connectivity index (χ2v) is 15.9. The Bertz CT molecular complexity index is 2600. The normalized spacial score (nSPS) is 12.0. The predicted molar refractivity (Wildman–Crippen MR) is 219 cm³/mol. The van der Waals surface area contributed by atoms with Crippen LogP contribution >= 0.6 is 79.1 Å². The Morgan fingerprint density at radius 2 is 1.09 bits per heavy atom. The molecule has 9 heteroatoms. The van der Waals surface area contributed by atoms with Gasteiger partial charge in [-0.05, 0) is 183 Å². The van der Waals surface area contributed by atoms with Crippen LogP contribution in [0.3, 0.4) is 0 Å². The summed E-state index contributed by atoms with van der Waals surface area (Å²) < 4.78 is 8.27. The molecule has 0 saturated heterocycles. The second-order valence-electron chi connectivity index (χ2n) is 11.1. The van der Waals surface area contributed by atoms with Crippen LogP contribution in [0.2, 0.25) is 0 Å². The lowest BCUT2D eigenvalue weighted by Crippen LogP contribution is -1.97. The maximum absolute atomic E-state index is 11.4. The van der Waals surface area contributed by atoms with Gasteiger partial charge in [-0.25, -0.2) is 4.85 Å². The van der Waals surface area contributed by atoms with Gasteiger partial charge in [0.2, 0.25) is 0 Å². The number of carboxylic acids is 1. The van der Waals surface area contributed by atoms with E-state index >= 15 is 0 Å². The highest BCUT2D eigenvalue weighted by Crippen LogP contribution is 2.39. The van der Waals surface area contributed by atoms with Crippen LogP contribution in [0, 0.1) is 17.3 Å². The first-order chi connectivity index (χ1) is 22.8. The van der Waals surface area contributed by atoms with E-state index in [4.69, 9.17) is 6.57 Å². The average molecular weight is 963 g/mol. The molecule has 3 aromatic heterocycles. The van der Waals surface area contributed by atoms with E-state index in [2.05, 4.69) is 179 Å². The van der Waals surface area contributed by atoms with Crippen molar-refractivity contribution in [3.63, 3.8) is 0 Å². The van der Waals surface area contributed by atoms with Crippen LogP contribution in [-0.4, -0.2) is 20.2 Å². The number of halogens is 3. The highest BCUT2D eigenvalue weighted by Gasteiger charge is 2.17. The lowest BCUT2D eigenvalue weighted by atomic mass is 10.1. The summed E-state index contributed by atoms with van der Waals surface area (Å²) in [6.07, 6.45) is 1.43. The molecule has 0 bridgehead atoms. The van der Waals surface area contributed by atoms with Crippen molar-refractivity contribution in [3.05, 3.63) is 142 Å². The fourth-order valence-electron chi connectivity index (χ4n) is 6.29. The van der Waals surface area contributed by atoms with Crippen molar-refractivity contribution in [2.45, 2.75) is 0 Å². The molecule has 0 saturated carbocycles. The molecule has 5 aromatic carbocycles. The van der Waals surface area contributed by atoms with Crippen LogP contribution in [0.1, 0.15) is 4.88 Å². The van der Waals surface area contributed by atoms with Gasteiger partial charge in [0, 0.05) is 53.4 Å². The van der Waals surface area contributed by atoms with Gasteiger partial charge in [-0.1, -0.05) is 6.07 Å². The zero-order chi connectivity index (χ0) is 32.4. The molecule has 0 radical (unpaired) electrons. The van der Waals surface area contributed by atoms with Gasteiger partial charge in [0.05, 0.1) is 28.6 Å². The Kier molecular flexibility index (Phi) is 7.86. The van der Waals surface area contributed by atoms with Crippen LogP contribution in [0.25, 0.3) is 76.3 Å². The van der Waals surface area contributed by atoms with E-state index < -0.39 is 5.97 Å². The molecule has 5 nitrogen and oxygen atoms in total. The Labute approximate surface area is 314 Å². The fraction of sp³-hybridized carbons (Fsp3) is 0. The molecule has 8 aromatic rings. The first kappa shape index (κ1) is 30.6. The number of rotatable bonds is 5. The standard InChI is InChI=1S/C38H20I3N3O2S/c1-42-32(38(45)46)20-27-10-15-37(47-27)21-2-11-33-28(16-21)29-17-22(39)3-12-34(29)43(33)25-6-8-26(9-7-25)44-35-13-4-23(40)18-30(35)31-19-24(41)5-14-36(31)44/h2-20H,(H,45,46)/b32-20-. The Hall–Kier alpha value is -3.71. The fourth-order valence-corrected chi connectivity index (χ4v) is 8.70. The van der Waals surface area contributed by atoms with Gasteiger partial charge in [0.1, 0.15) is 0 Å². The average Bonchev–Trinajstić information content (AvgIpc) is 3.75. The number of hydrogen-bond acceptors (Lipinski definition) is 2. The molecule has 3 heterocycles. The molecule has 0 aliphatic rings. The predicted octanol–water partition coefficient (Wildman–Crippen LogP) is 11.8. The molecule has 0 fully saturated rings. The van der Waals surface area contributed by atoms with Crippen LogP contribution in [0.5, 0.6) is 0 Å². The summed E-state index contributed by atoms with van der Waals surface area (Å²) in [5.41, 5.74) is 7.56. The lowest BCUT2D eigenvalue weighted by molar-refractivity contribution is -0.132. The minimum atomic E-state index is -1.22. The third-order valence-corrected chi connectivity index (χ3v) is 11.4. The number of carbonyl (C=O) groups is 1. The first-order valence-electron chi connectivity index (χ1n) is 14.5. The SMILES string of the molecule is [C-]#[N+]/C(=C\c1ccc(-c2ccc3c(c2)c2cc(I)ccc2n3-c2ccc(-n3c4ccc(I)cc4c4cc(I)ccc43)cc2)s1)C(=O)O. The molecule has 0 aliphatic carbocycles. The Balaban J connectivity index is 1.25.